The van der Waals surface area contributed by atoms with Crippen molar-refractivity contribution >= 4 is 23.4 Å². The maximum atomic E-state index is 14.1. The summed E-state index contributed by atoms with van der Waals surface area (Å²) in [5, 5.41) is 3.51. The molecule has 0 radical (unpaired) electrons. The molecular weight excluding hydrogens is 433 g/mol. The zero-order chi connectivity index (χ0) is 23.2. The fraction of sp³-hybridized carbons (Fsp3) is 0.481. The third kappa shape index (κ3) is 6.17. The molecule has 0 unspecified atom stereocenters. The average molecular weight is 468 g/mol. The maximum absolute atomic E-state index is 14.1. The highest BCUT2D eigenvalue weighted by Gasteiger charge is 2.29. The molecule has 4 nitrogen and oxygen atoms in total. The predicted molar refractivity (Wildman–Crippen MR) is 134 cm³/mol. The van der Waals surface area contributed by atoms with Crippen LogP contribution in [0.1, 0.15) is 61.8 Å². The number of hydrogen-bond donors (Lipinski definition) is 1. The van der Waals surface area contributed by atoms with E-state index in [9.17, 15) is 9.18 Å². The molecule has 6 heteroatoms. The van der Waals surface area contributed by atoms with Crippen molar-refractivity contribution in [3.63, 3.8) is 0 Å². The van der Waals surface area contributed by atoms with Crippen LogP contribution in [0.2, 0.25) is 0 Å². The van der Waals surface area contributed by atoms with E-state index in [1.54, 1.807) is 11.8 Å². The molecule has 2 fully saturated rings. The number of hydrogen-bond acceptors (Lipinski definition) is 4. The Kier molecular flexibility index (Phi) is 8.07. The molecule has 0 atom stereocenters. The molecular formula is C27H34FN3OS. The molecule has 2 aliphatic rings. The van der Waals surface area contributed by atoms with Crippen LogP contribution in [0.15, 0.2) is 48.0 Å². The summed E-state index contributed by atoms with van der Waals surface area (Å²) in [6, 6.07) is 10.1. The van der Waals surface area contributed by atoms with Gasteiger partial charge in [0.2, 0.25) is 5.91 Å². The normalized spacial score (nSPS) is 17.7. The molecule has 176 valence electrons. The molecule has 33 heavy (non-hydrogen) atoms. The molecule has 1 aromatic carbocycles. The van der Waals surface area contributed by atoms with Gasteiger partial charge in [0.1, 0.15) is 5.82 Å². The van der Waals surface area contributed by atoms with Crippen LogP contribution >= 0.6 is 11.8 Å². The van der Waals surface area contributed by atoms with E-state index in [2.05, 4.69) is 41.3 Å². The minimum Gasteiger partial charge on any atom is -0.382 e. The molecule has 0 bridgehead atoms. The lowest BCUT2D eigenvalue weighted by atomic mass is 9.87. The highest BCUT2D eigenvalue weighted by atomic mass is 32.2. The van der Waals surface area contributed by atoms with Gasteiger partial charge in [-0.3, -0.25) is 9.78 Å². The van der Waals surface area contributed by atoms with Crippen LogP contribution in [-0.4, -0.2) is 41.2 Å². The summed E-state index contributed by atoms with van der Waals surface area (Å²) in [4.78, 5) is 20.5. The van der Waals surface area contributed by atoms with E-state index in [1.807, 2.05) is 11.0 Å². The van der Waals surface area contributed by atoms with Crippen molar-refractivity contribution in [2.45, 2.75) is 62.3 Å². The number of likely N-dealkylation sites (tertiary alicyclic amines) is 1. The van der Waals surface area contributed by atoms with E-state index < -0.39 is 0 Å². The quantitative estimate of drug-likeness (QED) is 0.533. The van der Waals surface area contributed by atoms with Crippen molar-refractivity contribution in [1.29, 1.82) is 0 Å². The average Bonchev–Trinajstić information content (AvgIpc) is 2.85. The van der Waals surface area contributed by atoms with E-state index in [1.165, 1.54) is 36.4 Å². The third-order valence-corrected chi connectivity index (χ3v) is 7.63. The summed E-state index contributed by atoms with van der Waals surface area (Å²) in [5.74, 6) is 0.210. The molecule has 4 rings (SSSR count). The van der Waals surface area contributed by atoms with Crippen LogP contribution in [0.4, 0.5) is 4.39 Å². The Labute approximate surface area is 201 Å². The standard InChI is InChI=1S/C27H34FN3OS/c1-19(30-23-11-13-31(14-12-23)27(32)21-8-4-3-5-9-21)25-17-22(28)18-29-26(25)16-20-7-6-10-24(15-20)33-2/h6-7,10,15,17-18,21,23,30H,1,3-5,8-9,11-14,16H2,2H3. The van der Waals surface area contributed by atoms with Crippen molar-refractivity contribution in [3.05, 3.63) is 65.7 Å². The molecule has 1 saturated heterocycles. The Morgan fingerprint density at radius 3 is 2.67 bits per heavy atom. The van der Waals surface area contributed by atoms with Gasteiger partial charge in [0.15, 0.2) is 0 Å². The summed E-state index contributed by atoms with van der Waals surface area (Å²) in [6.45, 7) is 5.77. The Bertz CT molecular complexity index is 981. The number of carbonyl (C=O) groups is 1. The van der Waals surface area contributed by atoms with Crippen LogP contribution in [0.5, 0.6) is 0 Å². The maximum Gasteiger partial charge on any atom is 0.225 e. The van der Waals surface area contributed by atoms with Gasteiger partial charge in [-0.25, -0.2) is 4.39 Å². The van der Waals surface area contributed by atoms with Crippen molar-refractivity contribution in [2.24, 2.45) is 5.92 Å². The number of carbonyl (C=O) groups excluding carboxylic acids is 1. The zero-order valence-corrected chi connectivity index (χ0v) is 20.3. The van der Waals surface area contributed by atoms with Crippen LogP contribution in [-0.2, 0) is 11.2 Å². The molecule has 1 aliphatic carbocycles. The van der Waals surface area contributed by atoms with Gasteiger partial charge in [-0.05, 0) is 55.7 Å². The van der Waals surface area contributed by atoms with Crippen LogP contribution in [0.3, 0.4) is 0 Å². The number of piperidine rings is 1. The first-order valence-corrected chi connectivity index (χ1v) is 13.3. The number of rotatable bonds is 7. The summed E-state index contributed by atoms with van der Waals surface area (Å²) in [6.07, 6.45) is 11.4. The van der Waals surface area contributed by atoms with Crippen molar-refractivity contribution in [2.75, 3.05) is 19.3 Å². The molecule has 1 saturated carbocycles. The molecule has 2 aromatic rings. The van der Waals surface area contributed by atoms with Gasteiger partial charge in [-0.1, -0.05) is 38.0 Å². The Morgan fingerprint density at radius 2 is 1.94 bits per heavy atom. The fourth-order valence-electron chi connectivity index (χ4n) is 5.02. The topological polar surface area (TPSA) is 45.2 Å². The van der Waals surface area contributed by atoms with Gasteiger partial charge in [-0.2, -0.15) is 0 Å². The van der Waals surface area contributed by atoms with E-state index in [4.69, 9.17) is 0 Å². The second-order valence-electron chi connectivity index (χ2n) is 9.23. The lowest BCUT2D eigenvalue weighted by molar-refractivity contribution is -0.137. The molecule has 0 spiro atoms. The molecule has 1 aromatic heterocycles. The van der Waals surface area contributed by atoms with Crippen LogP contribution in [0, 0.1) is 11.7 Å². The second-order valence-corrected chi connectivity index (χ2v) is 10.1. The smallest absolute Gasteiger partial charge is 0.225 e. The zero-order valence-electron chi connectivity index (χ0n) is 19.5. The minimum atomic E-state index is -0.359. The van der Waals surface area contributed by atoms with Crippen LogP contribution in [0.25, 0.3) is 5.70 Å². The lowest BCUT2D eigenvalue weighted by Gasteiger charge is -2.36. The number of halogens is 1. The monoisotopic (exact) mass is 467 g/mol. The highest BCUT2D eigenvalue weighted by molar-refractivity contribution is 7.98. The fourth-order valence-corrected chi connectivity index (χ4v) is 5.51. The molecule has 1 amide bonds. The minimum absolute atomic E-state index is 0.226. The summed E-state index contributed by atoms with van der Waals surface area (Å²) in [7, 11) is 0. The highest BCUT2D eigenvalue weighted by Crippen LogP contribution is 2.27. The van der Waals surface area contributed by atoms with Crippen molar-refractivity contribution < 1.29 is 9.18 Å². The SMILES string of the molecule is C=C(NC1CCN(C(=O)C2CCCCC2)CC1)c1cc(F)cnc1Cc1cccc(SC)c1. The van der Waals surface area contributed by atoms with Crippen molar-refractivity contribution in [1.82, 2.24) is 15.2 Å². The third-order valence-electron chi connectivity index (χ3n) is 6.91. The summed E-state index contributed by atoms with van der Waals surface area (Å²) in [5.41, 5.74) is 3.39. The predicted octanol–water partition coefficient (Wildman–Crippen LogP) is 5.67. The lowest BCUT2D eigenvalue weighted by Crippen LogP contribution is -2.46. The Hall–Kier alpha value is -2.34. The number of benzene rings is 1. The van der Waals surface area contributed by atoms with E-state index in [0.717, 1.165) is 55.6 Å². The van der Waals surface area contributed by atoms with Gasteiger partial charge >= 0.3 is 0 Å². The molecule has 1 aliphatic heterocycles. The van der Waals surface area contributed by atoms with Gasteiger partial charge in [-0.15, -0.1) is 11.8 Å². The van der Waals surface area contributed by atoms with Gasteiger partial charge in [0, 0.05) is 47.6 Å². The van der Waals surface area contributed by atoms with E-state index in [0.29, 0.717) is 18.0 Å². The number of amides is 1. The number of pyridine rings is 1. The Balaban J connectivity index is 1.37. The first kappa shape index (κ1) is 23.8. The molecule has 2 heterocycles. The van der Waals surface area contributed by atoms with Gasteiger partial charge < -0.3 is 10.2 Å². The van der Waals surface area contributed by atoms with E-state index >= 15 is 0 Å². The van der Waals surface area contributed by atoms with Crippen molar-refractivity contribution in [3.8, 4) is 0 Å². The first-order valence-electron chi connectivity index (χ1n) is 12.1. The number of nitrogens with zero attached hydrogens (tertiary/aromatic N) is 2. The summed E-state index contributed by atoms with van der Waals surface area (Å²) >= 11 is 1.70. The number of nitrogens with one attached hydrogen (secondary N) is 1. The summed E-state index contributed by atoms with van der Waals surface area (Å²) < 4.78 is 14.1. The largest absolute Gasteiger partial charge is 0.382 e. The van der Waals surface area contributed by atoms with Gasteiger partial charge in [0.25, 0.3) is 0 Å². The van der Waals surface area contributed by atoms with Crippen LogP contribution < -0.4 is 5.32 Å². The second kappa shape index (κ2) is 11.2. The first-order chi connectivity index (χ1) is 16.0. The molecule has 1 N–H and O–H groups in total. The van der Waals surface area contributed by atoms with Gasteiger partial charge in [0.05, 0.1) is 11.9 Å². The van der Waals surface area contributed by atoms with E-state index in [-0.39, 0.29) is 17.8 Å². The Morgan fingerprint density at radius 1 is 1.18 bits per heavy atom. The number of thioether (sulfide) groups is 1. The number of aromatic nitrogens is 1.